The van der Waals surface area contributed by atoms with Gasteiger partial charge in [0.1, 0.15) is 6.54 Å². The van der Waals surface area contributed by atoms with Crippen LogP contribution in [0, 0.1) is 5.92 Å². The molecule has 0 radical (unpaired) electrons. The van der Waals surface area contributed by atoms with E-state index in [0.717, 1.165) is 0 Å². The van der Waals surface area contributed by atoms with E-state index in [1.165, 1.54) is 4.90 Å². The topological polar surface area (TPSA) is 58.6 Å². The first kappa shape index (κ1) is 9.98. The minimum Gasteiger partial charge on any atom is -0.384 e. The number of rotatable bonds is 4. The van der Waals surface area contributed by atoms with E-state index in [9.17, 15) is 9.59 Å². The molecule has 5 nitrogen and oxygen atoms in total. The van der Waals surface area contributed by atoms with Crippen molar-refractivity contribution in [3.63, 3.8) is 0 Å². The summed E-state index contributed by atoms with van der Waals surface area (Å²) in [7, 11) is 1.62. The Kier molecular flexibility index (Phi) is 3.25. The summed E-state index contributed by atoms with van der Waals surface area (Å²) in [5.74, 6) is 0.0243. The van der Waals surface area contributed by atoms with Gasteiger partial charge in [-0.1, -0.05) is 6.92 Å². The van der Waals surface area contributed by atoms with Crippen LogP contribution in [0.1, 0.15) is 6.92 Å². The molecule has 0 aromatic rings. The summed E-state index contributed by atoms with van der Waals surface area (Å²) >= 11 is 0. The molecule has 1 aliphatic rings. The first-order chi connectivity index (χ1) is 6.13. The van der Waals surface area contributed by atoms with Gasteiger partial charge in [0, 0.05) is 13.7 Å². The number of imide groups is 1. The van der Waals surface area contributed by atoms with Gasteiger partial charge in [0.25, 0.3) is 0 Å². The number of methoxy groups -OCH3 is 1. The number of hydrogen-bond donors (Lipinski definition) is 1. The van der Waals surface area contributed by atoms with Gasteiger partial charge >= 0.3 is 6.03 Å². The SMILES string of the molecule is COCC(C)CN1CC(=O)NC1=O. The van der Waals surface area contributed by atoms with Crippen LogP contribution in [0.15, 0.2) is 0 Å². The Morgan fingerprint density at radius 1 is 1.62 bits per heavy atom. The average Bonchev–Trinajstić information content (AvgIpc) is 2.30. The van der Waals surface area contributed by atoms with Gasteiger partial charge in [0.05, 0.1) is 6.61 Å². The van der Waals surface area contributed by atoms with E-state index in [0.29, 0.717) is 13.2 Å². The molecule has 0 saturated carbocycles. The molecule has 1 fully saturated rings. The van der Waals surface area contributed by atoms with E-state index < -0.39 is 0 Å². The highest BCUT2D eigenvalue weighted by Crippen LogP contribution is 2.04. The van der Waals surface area contributed by atoms with Gasteiger partial charge in [-0.05, 0) is 5.92 Å². The van der Waals surface area contributed by atoms with Crippen molar-refractivity contribution in [2.45, 2.75) is 6.92 Å². The van der Waals surface area contributed by atoms with Crippen LogP contribution in [-0.2, 0) is 9.53 Å². The zero-order valence-corrected chi connectivity index (χ0v) is 7.87. The van der Waals surface area contributed by atoms with Crippen LogP contribution in [0.5, 0.6) is 0 Å². The normalized spacial score (nSPS) is 19.1. The molecule has 13 heavy (non-hydrogen) atoms. The second-order valence-corrected chi connectivity index (χ2v) is 3.29. The Balaban J connectivity index is 2.36. The second-order valence-electron chi connectivity index (χ2n) is 3.29. The van der Waals surface area contributed by atoms with E-state index >= 15 is 0 Å². The van der Waals surface area contributed by atoms with Crippen molar-refractivity contribution in [3.8, 4) is 0 Å². The van der Waals surface area contributed by atoms with Crippen molar-refractivity contribution < 1.29 is 14.3 Å². The van der Waals surface area contributed by atoms with Crippen LogP contribution < -0.4 is 5.32 Å². The number of nitrogens with zero attached hydrogens (tertiary/aromatic N) is 1. The van der Waals surface area contributed by atoms with Crippen LogP contribution in [-0.4, -0.2) is 43.6 Å². The Hall–Kier alpha value is -1.10. The molecule has 1 N–H and O–H groups in total. The predicted molar refractivity (Wildman–Crippen MR) is 46.2 cm³/mol. The van der Waals surface area contributed by atoms with Gasteiger partial charge in [-0.2, -0.15) is 0 Å². The van der Waals surface area contributed by atoms with Crippen LogP contribution in [0.4, 0.5) is 4.79 Å². The van der Waals surface area contributed by atoms with E-state index in [1.54, 1.807) is 7.11 Å². The number of carbonyl (C=O) groups excluding carboxylic acids is 2. The smallest absolute Gasteiger partial charge is 0.324 e. The highest BCUT2D eigenvalue weighted by atomic mass is 16.5. The fourth-order valence-electron chi connectivity index (χ4n) is 1.34. The zero-order valence-electron chi connectivity index (χ0n) is 7.87. The molecule has 0 aliphatic carbocycles. The third-order valence-electron chi connectivity index (χ3n) is 1.85. The molecule has 5 heteroatoms. The van der Waals surface area contributed by atoms with Crippen LogP contribution in [0.3, 0.4) is 0 Å². The molecule has 3 amide bonds. The van der Waals surface area contributed by atoms with Crippen molar-refractivity contribution in [1.82, 2.24) is 10.2 Å². The van der Waals surface area contributed by atoms with Crippen LogP contribution in [0.25, 0.3) is 0 Å². The lowest BCUT2D eigenvalue weighted by molar-refractivity contribution is -0.118. The number of amides is 3. The second kappa shape index (κ2) is 4.23. The molecular formula is C8H14N2O3. The Labute approximate surface area is 77.0 Å². The van der Waals surface area contributed by atoms with E-state index in [1.807, 2.05) is 6.92 Å². The molecule has 0 aromatic carbocycles. The molecular weight excluding hydrogens is 172 g/mol. The highest BCUT2D eigenvalue weighted by molar-refractivity contribution is 6.01. The van der Waals surface area contributed by atoms with Crippen molar-refractivity contribution in [2.75, 3.05) is 26.8 Å². The average molecular weight is 186 g/mol. The fourth-order valence-corrected chi connectivity index (χ4v) is 1.34. The number of hydrogen-bond acceptors (Lipinski definition) is 3. The Bertz CT molecular complexity index is 217. The van der Waals surface area contributed by atoms with Crippen molar-refractivity contribution >= 4 is 11.9 Å². The molecule has 74 valence electrons. The molecule has 1 aliphatic heterocycles. The Morgan fingerprint density at radius 3 is 2.77 bits per heavy atom. The maximum atomic E-state index is 11.1. The minimum absolute atomic E-state index is 0.173. The van der Waals surface area contributed by atoms with Crippen LogP contribution in [0.2, 0.25) is 0 Å². The number of carbonyl (C=O) groups is 2. The first-order valence-electron chi connectivity index (χ1n) is 4.21. The van der Waals surface area contributed by atoms with E-state index in [4.69, 9.17) is 4.74 Å². The quantitative estimate of drug-likeness (QED) is 0.620. The summed E-state index contributed by atoms with van der Waals surface area (Å²) in [5.41, 5.74) is 0. The van der Waals surface area contributed by atoms with Crippen molar-refractivity contribution in [2.24, 2.45) is 5.92 Å². The number of urea groups is 1. The molecule has 1 heterocycles. The number of ether oxygens (including phenoxy) is 1. The lowest BCUT2D eigenvalue weighted by Crippen LogP contribution is -2.33. The molecule has 1 unspecified atom stereocenters. The fraction of sp³-hybridized carbons (Fsp3) is 0.750. The summed E-state index contributed by atoms with van der Waals surface area (Å²) in [5, 5.41) is 2.22. The van der Waals surface area contributed by atoms with Crippen LogP contribution >= 0.6 is 0 Å². The summed E-state index contributed by atoms with van der Waals surface area (Å²) in [6.45, 7) is 3.30. The lowest BCUT2D eigenvalue weighted by Gasteiger charge is -2.17. The third kappa shape index (κ3) is 2.69. The third-order valence-corrected chi connectivity index (χ3v) is 1.85. The number of nitrogens with one attached hydrogen (secondary N) is 1. The predicted octanol–water partition coefficient (Wildman–Crippen LogP) is -0.179. The Morgan fingerprint density at radius 2 is 2.31 bits per heavy atom. The van der Waals surface area contributed by atoms with E-state index in [2.05, 4.69) is 5.32 Å². The van der Waals surface area contributed by atoms with Gasteiger partial charge in [-0.3, -0.25) is 10.1 Å². The lowest BCUT2D eigenvalue weighted by atomic mass is 10.2. The standard InChI is InChI=1S/C8H14N2O3/c1-6(5-13-2)3-10-4-7(11)9-8(10)12/h6H,3-5H2,1-2H3,(H,9,11,12). The molecule has 0 aromatic heterocycles. The first-order valence-corrected chi connectivity index (χ1v) is 4.21. The van der Waals surface area contributed by atoms with Gasteiger partial charge in [0.2, 0.25) is 5.91 Å². The summed E-state index contributed by atoms with van der Waals surface area (Å²) < 4.78 is 4.93. The zero-order chi connectivity index (χ0) is 9.84. The maximum absolute atomic E-state index is 11.1. The van der Waals surface area contributed by atoms with Gasteiger partial charge in [0.15, 0.2) is 0 Å². The summed E-state index contributed by atoms with van der Waals surface area (Å²) in [4.78, 5) is 23.4. The summed E-state index contributed by atoms with van der Waals surface area (Å²) in [6.07, 6.45) is 0. The maximum Gasteiger partial charge on any atom is 0.324 e. The van der Waals surface area contributed by atoms with Gasteiger partial charge < -0.3 is 9.64 Å². The van der Waals surface area contributed by atoms with Crippen molar-refractivity contribution in [3.05, 3.63) is 0 Å². The highest BCUT2D eigenvalue weighted by Gasteiger charge is 2.27. The molecule has 0 spiro atoms. The van der Waals surface area contributed by atoms with E-state index in [-0.39, 0.29) is 24.4 Å². The van der Waals surface area contributed by atoms with Crippen molar-refractivity contribution in [1.29, 1.82) is 0 Å². The molecule has 1 atom stereocenters. The largest absolute Gasteiger partial charge is 0.384 e. The minimum atomic E-state index is -0.298. The van der Waals surface area contributed by atoms with Gasteiger partial charge in [-0.15, -0.1) is 0 Å². The molecule has 1 rings (SSSR count). The van der Waals surface area contributed by atoms with Gasteiger partial charge in [-0.25, -0.2) is 4.79 Å². The molecule has 1 saturated heterocycles. The molecule has 0 bridgehead atoms. The monoisotopic (exact) mass is 186 g/mol. The summed E-state index contributed by atoms with van der Waals surface area (Å²) in [6, 6.07) is -0.298.